The largest absolute Gasteiger partial charge is 0.444 e. The van der Waals surface area contributed by atoms with E-state index in [4.69, 9.17) is 4.74 Å². The number of ether oxygens (including phenoxy) is 1. The summed E-state index contributed by atoms with van der Waals surface area (Å²) in [5.74, 6) is -0.0462. The molecule has 0 saturated carbocycles. The molecule has 12 nitrogen and oxygen atoms in total. The van der Waals surface area contributed by atoms with Crippen molar-refractivity contribution >= 4 is 29.6 Å². The number of aromatic nitrogens is 2. The third kappa shape index (κ3) is 7.37. The number of piperazine rings is 1. The van der Waals surface area contributed by atoms with Crippen LogP contribution < -0.4 is 15.5 Å². The van der Waals surface area contributed by atoms with Gasteiger partial charge in [-0.25, -0.2) is 4.79 Å². The van der Waals surface area contributed by atoms with Gasteiger partial charge in [-0.2, -0.15) is 0 Å². The molecule has 0 aromatic carbocycles. The molecule has 3 aliphatic heterocycles. The Labute approximate surface area is 217 Å². The Balaban J connectivity index is 1.19. The van der Waals surface area contributed by atoms with Crippen LogP contribution in [-0.4, -0.2) is 101 Å². The first-order chi connectivity index (χ1) is 17.6. The molecule has 0 radical (unpaired) electrons. The molecule has 4 amide bonds. The number of likely N-dealkylation sites (tertiary alicyclic amines) is 1. The summed E-state index contributed by atoms with van der Waals surface area (Å²) in [4.78, 5) is 54.3. The van der Waals surface area contributed by atoms with Crippen molar-refractivity contribution in [2.45, 2.75) is 58.1 Å². The average Bonchev–Trinajstić information content (AvgIpc) is 2.86. The minimum absolute atomic E-state index is 0.129. The van der Waals surface area contributed by atoms with E-state index in [1.807, 2.05) is 25.7 Å². The Morgan fingerprint density at radius 1 is 1.03 bits per heavy atom. The third-order valence-electron chi connectivity index (χ3n) is 6.91. The highest BCUT2D eigenvalue weighted by Crippen LogP contribution is 2.22. The van der Waals surface area contributed by atoms with E-state index in [0.29, 0.717) is 11.7 Å². The van der Waals surface area contributed by atoms with E-state index >= 15 is 0 Å². The van der Waals surface area contributed by atoms with Crippen molar-refractivity contribution < 1.29 is 23.9 Å². The Morgan fingerprint density at radius 3 is 2.32 bits per heavy atom. The number of piperidine rings is 2. The molecule has 1 aromatic heterocycles. The smallest absolute Gasteiger partial charge is 0.410 e. The first-order valence-electron chi connectivity index (χ1n) is 13.0. The second-order valence-electron chi connectivity index (χ2n) is 11.0. The lowest BCUT2D eigenvalue weighted by Crippen LogP contribution is -2.52. The predicted octanol–water partition coefficient (Wildman–Crippen LogP) is 0.781. The lowest BCUT2D eigenvalue weighted by Gasteiger charge is -2.39. The Hall–Kier alpha value is -3.28. The molecule has 12 heteroatoms. The highest BCUT2D eigenvalue weighted by molar-refractivity contribution is 6.03. The lowest BCUT2D eigenvalue weighted by molar-refractivity contribution is -0.134. The molecule has 3 aliphatic rings. The summed E-state index contributed by atoms with van der Waals surface area (Å²) in [7, 11) is 0. The van der Waals surface area contributed by atoms with Gasteiger partial charge in [0, 0.05) is 52.2 Å². The summed E-state index contributed by atoms with van der Waals surface area (Å²) in [5, 5.41) is 13.1. The molecule has 0 bridgehead atoms. The molecule has 37 heavy (non-hydrogen) atoms. The number of imide groups is 1. The maximum atomic E-state index is 12.5. The van der Waals surface area contributed by atoms with Crippen LogP contribution in [0.1, 0.15) is 56.9 Å². The summed E-state index contributed by atoms with van der Waals surface area (Å²) in [6, 6.07) is 2.63. The van der Waals surface area contributed by atoms with Gasteiger partial charge in [-0.3, -0.25) is 24.6 Å². The molecule has 4 heterocycles. The van der Waals surface area contributed by atoms with Crippen LogP contribution in [0.15, 0.2) is 12.1 Å². The number of hydrogen-bond acceptors (Lipinski definition) is 9. The summed E-state index contributed by atoms with van der Waals surface area (Å²) in [6.45, 7) is 11.6. The lowest BCUT2D eigenvalue weighted by atomic mass is 9.96. The van der Waals surface area contributed by atoms with E-state index in [9.17, 15) is 19.2 Å². The Morgan fingerprint density at radius 2 is 1.73 bits per heavy atom. The van der Waals surface area contributed by atoms with Crippen LogP contribution in [0.5, 0.6) is 0 Å². The summed E-state index contributed by atoms with van der Waals surface area (Å²) in [6.07, 6.45) is 2.20. The van der Waals surface area contributed by atoms with Crippen LogP contribution in [0.25, 0.3) is 0 Å². The van der Waals surface area contributed by atoms with E-state index in [-0.39, 0.29) is 30.5 Å². The number of nitrogens with zero attached hydrogens (tertiary/aromatic N) is 5. The fourth-order valence-electron chi connectivity index (χ4n) is 4.83. The van der Waals surface area contributed by atoms with Gasteiger partial charge >= 0.3 is 6.09 Å². The second kappa shape index (κ2) is 11.4. The SMILES string of the molecule is CC(C)(C)OC(=O)N1CCC(CN2CCN(c3ccc(C(=O)N[C@@H]4CCC(=O)NC4=O)nn3)CC2)CC1. The number of hydrogen-bond donors (Lipinski definition) is 2. The topological polar surface area (TPSA) is 137 Å². The first-order valence-corrected chi connectivity index (χ1v) is 13.0. The highest BCUT2D eigenvalue weighted by atomic mass is 16.6. The van der Waals surface area contributed by atoms with Gasteiger partial charge < -0.3 is 19.9 Å². The summed E-state index contributed by atoms with van der Waals surface area (Å²) < 4.78 is 5.49. The van der Waals surface area contributed by atoms with E-state index in [1.165, 1.54) is 0 Å². The van der Waals surface area contributed by atoms with Gasteiger partial charge in [0.05, 0.1) is 0 Å². The average molecular weight is 516 g/mol. The molecule has 0 spiro atoms. The van der Waals surface area contributed by atoms with Crippen LogP contribution in [0.2, 0.25) is 0 Å². The van der Waals surface area contributed by atoms with E-state index in [0.717, 1.165) is 58.7 Å². The monoisotopic (exact) mass is 515 g/mol. The molecule has 0 aliphatic carbocycles. The maximum Gasteiger partial charge on any atom is 0.410 e. The van der Waals surface area contributed by atoms with Crippen molar-refractivity contribution in [2.24, 2.45) is 5.92 Å². The predicted molar refractivity (Wildman–Crippen MR) is 135 cm³/mol. The normalized spacial score (nSPS) is 22.0. The van der Waals surface area contributed by atoms with Crippen molar-refractivity contribution in [2.75, 3.05) is 50.7 Å². The molecule has 4 rings (SSSR count). The van der Waals surface area contributed by atoms with E-state index in [1.54, 1.807) is 12.1 Å². The number of carbonyl (C=O) groups excluding carboxylic acids is 4. The number of rotatable bonds is 5. The van der Waals surface area contributed by atoms with Crippen molar-refractivity contribution in [1.82, 2.24) is 30.6 Å². The maximum absolute atomic E-state index is 12.5. The minimum Gasteiger partial charge on any atom is -0.444 e. The van der Waals surface area contributed by atoms with Crippen LogP contribution >= 0.6 is 0 Å². The molecule has 1 atom stereocenters. The van der Waals surface area contributed by atoms with Crippen LogP contribution in [0, 0.1) is 5.92 Å². The first kappa shape index (κ1) is 26.8. The summed E-state index contributed by atoms with van der Waals surface area (Å²) >= 11 is 0. The number of amides is 4. The molecular formula is C25H37N7O5. The van der Waals surface area contributed by atoms with Crippen molar-refractivity contribution in [3.8, 4) is 0 Å². The molecule has 1 aromatic rings. The number of nitrogens with one attached hydrogen (secondary N) is 2. The molecule has 202 valence electrons. The fraction of sp³-hybridized carbons (Fsp3) is 0.680. The van der Waals surface area contributed by atoms with Crippen molar-refractivity contribution in [3.05, 3.63) is 17.8 Å². The number of carbonyl (C=O) groups is 4. The fourth-order valence-corrected chi connectivity index (χ4v) is 4.83. The molecule has 3 fully saturated rings. The third-order valence-corrected chi connectivity index (χ3v) is 6.91. The molecule has 2 N–H and O–H groups in total. The zero-order valence-corrected chi connectivity index (χ0v) is 21.9. The van der Waals surface area contributed by atoms with Gasteiger partial charge in [-0.1, -0.05) is 0 Å². The molecule has 0 unspecified atom stereocenters. The zero-order valence-electron chi connectivity index (χ0n) is 21.9. The van der Waals surface area contributed by atoms with Crippen LogP contribution in [0.4, 0.5) is 10.6 Å². The zero-order chi connectivity index (χ0) is 26.6. The van der Waals surface area contributed by atoms with Gasteiger partial charge in [0.25, 0.3) is 5.91 Å². The van der Waals surface area contributed by atoms with Gasteiger partial charge in [0.15, 0.2) is 11.5 Å². The molecule has 3 saturated heterocycles. The van der Waals surface area contributed by atoms with Crippen LogP contribution in [-0.2, 0) is 14.3 Å². The van der Waals surface area contributed by atoms with Crippen LogP contribution in [0.3, 0.4) is 0 Å². The highest BCUT2D eigenvalue weighted by Gasteiger charge is 2.30. The van der Waals surface area contributed by atoms with E-state index in [2.05, 4.69) is 30.6 Å². The quantitative estimate of drug-likeness (QED) is 0.545. The van der Waals surface area contributed by atoms with E-state index < -0.39 is 23.5 Å². The molecular weight excluding hydrogens is 478 g/mol. The number of anilines is 1. The van der Waals surface area contributed by atoms with Crippen molar-refractivity contribution in [1.29, 1.82) is 0 Å². The second-order valence-corrected chi connectivity index (χ2v) is 11.0. The Kier molecular flexibility index (Phi) is 8.25. The van der Waals surface area contributed by atoms with Crippen molar-refractivity contribution in [3.63, 3.8) is 0 Å². The Bertz CT molecular complexity index is 994. The summed E-state index contributed by atoms with van der Waals surface area (Å²) in [5.41, 5.74) is -0.342. The van der Waals surface area contributed by atoms with Gasteiger partial charge in [-0.05, 0) is 58.1 Å². The van der Waals surface area contributed by atoms with Gasteiger partial charge in [0.1, 0.15) is 11.6 Å². The van der Waals surface area contributed by atoms with Gasteiger partial charge in [0.2, 0.25) is 11.8 Å². The standard InChI is InChI=1S/C25H37N7O5/c1-25(2,3)37-24(36)32-10-8-17(9-11-32)16-30-12-14-31(15-13-30)20-6-4-19(28-29-20)23(35)26-18-5-7-21(33)27-22(18)34/h4,6,17-18H,5,7-16H2,1-3H3,(H,26,35)(H,27,33,34)/t18-/m1/s1. The minimum atomic E-state index is -0.746. The van der Waals surface area contributed by atoms with Gasteiger partial charge in [-0.15, -0.1) is 10.2 Å².